The van der Waals surface area contributed by atoms with Crippen molar-refractivity contribution in [3.8, 4) is 0 Å². The van der Waals surface area contributed by atoms with Crippen molar-refractivity contribution < 1.29 is 9.53 Å². The van der Waals surface area contributed by atoms with Crippen LogP contribution in [0.25, 0.3) is 0 Å². The van der Waals surface area contributed by atoms with E-state index in [1.165, 1.54) is 5.57 Å². The van der Waals surface area contributed by atoms with Gasteiger partial charge in [-0.1, -0.05) is 18.6 Å². The molecule has 0 aromatic heterocycles. The molecule has 12 heavy (non-hydrogen) atoms. The average molecular weight is 170 g/mol. The second-order valence-corrected chi connectivity index (χ2v) is 2.91. The van der Waals surface area contributed by atoms with E-state index in [-0.39, 0.29) is 11.9 Å². The summed E-state index contributed by atoms with van der Waals surface area (Å²) in [5, 5.41) is 0. The molecule has 0 bridgehead atoms. The molecule has 0 aliphatic rings. The number of ether oxygens (including phenoxy) is 1. The van der Waals surface area contributed by atoms with E-state index in [1.807, 2.05) is 26.8 Å². The highest BCUT2D eigenvalue weighted by Crippen LogP contribution is 2.07. The third-order valence-electron chi connectivity index (χ3n) is 1.75. The number of carbonyl (C=O) groups excluding carboxylic acids is 1. The van der Waals surface area contributed by atoms with Gasteiger partial charge in [-0.15, -0.1) is 0 Å². The van der Waals surface area contributed by atoms with E-state index in [4.69, 9.17) is 4.74 Å². The standard InChI is InChI=1S/C10H18O2/c1-5-8(3)7-9(4)10(11)12-6-2/h7,9H,5-6H2,1-4H3/b8-7-. The predicted octanol–water partition coefficient (Wildman–Crippen LogP) is 2.54. The quantitative estimate of drug-likeness (QED) is 0.478. The fourth-order valence-electron chi connectivity index (χ4n) is 0.886. The monoisotopic (exact) mass is 170 g/mol. The van der Waals surface area contributed by atoms with Crippen molar-refractivity contribution >= 4 is 5.97 Å². The summed E-state index contributed by atoms with van der Waals surface area (Å²) in [7, 11) is 0. The Morgan fingerprint density at radius 2 is 2.08 bits per heavy atom. The molecule has 0 aliphatic heterocycles. The zero-order valence-electron chi connectivity index (χ0n) is 8.39. The van der Waals surface area contributed by atoms with Gasteiger partial charge < -0.3 is 4.74 Å². The molecule has 0 spiro atoms. The summed E-state index contributed by atoms with van der Waals surface area (Å²) in [6.07, 6.45) is 2.95. The summed E-state index contributed by atoms with van der Waals surface area (Å²) in [4.78, 5) is 11.1. The van der Waals surface area contributed by atoms with Gasteiger partial charge in [-0.25, -0.2) is 0 Å². The average Bonchev–Trinajstić information content (AvgIpc) is 2.04. The van der Waals surface area contributed by atoms with Crippen molar-refractivity contribution in [2.75, 3.05) is 6.61 Å². The third kappa shape index (κ3) is 4.16. The minimum absolute atomic E-state index is 0.107. The highest BCUT2D eigenvalue weighted by molar-refractivity contribution is 5.74. The predicted molar refractivity (Wildman–Crippen MR) is 49.8 cm³/mol. The number of carbonyl (C=O) groups is 1. The molecule has 1 atom stereocenters. The molecule has 0 saturated carbocycles. The topological polar surface area (TPSA) is 26.3 Å². The van der Waals surface area contributed by atoms with Gasteiger partial charge in [0.25, 0.3) is 0 Å². The van der Waals surface area contributed by atoms with E-state index in [1.54, 1.807) is 0 Å². The summed E-state index contributed by atoms with van der Waals surface area (Å²) < 4.78 is 4.87. The second-order valence-electron chi connectivity index (χ2n) is 2.91. The smallest absolute Gasteiger partial charge is 0.312 e. The largest absolute Gasteiger partial charge is 0.466 e. The van der Waals surface area contributed by atoms with Crippen molar-refractivity contribution in [3.05, 3.63) is 11.6 Å². The van der Waals surface area contributed by atoms with Crippen LogP contribution in [0.5, 0.6) is 0 Å². The van der Waals surface area contributed by atoms with Gasteiger partial charge in [0.2, 0.25) is 0 Å². The zero-order valence-corrected chi connectivity index (χ0v) is 8.39. The van der Waals surface area contributed by atoms with Crippen LogP contribution in [0, 0.1) is 5.92 Å². The lowest BCUT2D eigenvalue weighted by atomic mass is 10.1. The number of hydrogen-bond acceptors (Lipinski definition) is 2. The maximum Gasteiger partial charge on any atom is 0.312 e. The first kappa shape index (κ1) is 11.2. The van der Waals surface area contributed by atoms with Crippen LogP contribution >= 0.6 is 0 Å². The van der Waals surface area contributed by atoms with Crippen molar-refractivity contribution in [1.29, 1.82) is 0 Å². The molecular weight excluding hydrogens is 152 g/mol. The molecule has 0 fully saturated rings. The zero-order chi connectivity index (χ0) is 9.56. The first-order valence-electron chi connectivity index (χ1n) is 4.45. The van der Waals surface area contributed by atoms with E-state index in [0.29, 0.717) is 6.61 Å². The molecule has 2 heteroatoms. The van der Waals surface area contributed by atoms with Crippen LogP contribution in [-0.2, 0) is 9.53 Å². The lowest BCUT2D eigenvalue weighted by molar-refractivity contribution is -0.145. The molecule has 1 unspecified atom stereocenters. The van der Waals surface area contributed by atoms with Crippen molar-refractivity contribution in [2.24, 2.45) is 5.92 Å². The van der Waals surface area contributed by atoms with E-state index in [9.17, 15) is 4.79 Å². The molecule has 0 aliphatic carbocycles. The van der Waals surface area contributed by atoms with E-state index in [2.05, 4.69) is 6.92 Å². The molecule has 0 radical (unpaired) electrons. The van der Waals surface area contributed by atoms with Crippen LogP contribution in [0.15, 0.2) is 11.6 Å². The Labute approximate surface area is 74.6 Å². The number of hydrogen-bond donors (Lipinski definition) is 0. The van der Waals surface area contributed by atoms with Crippen LogP contribution in [-0.4, -0.2) is 12.6 Å². The third-order valence-corrected chi connectivity index (χ3v) is 1.75. The fourth-order valence-corrected chi connectivity index (χ4v) is 0.886. The first-order valence-corrected chi connectivity index (χ1v) is 4.45. The van der Waals surface area contributed by atoms with Crippen molar-refractivity contribution in [2.45, 2.75) is 34.1 Å². The number of allylic oxidation sites excluding steroid dienone is 1. The Hall–Kier alpha value is -0.790. The molecule has 0 rings (SSSR count). The maximum absolute atomic E-state index is 11.1. The fraction of sp³-hybridized carbons (Fsp3) is 0.700. The molecule has 0 amide bonds. The summed E-state index contributed by atoms with van der Waals surface area (Å²) in [6.45, 7) is 8.24. The SMILES string of the molecule is CCOC(=O)C(C)/C=C(/C)CC. The van der Waals surface area contributed by atoms with Crippen LogP contribution in [0.3, 0.4) is 0 Å². The molecular formula is C10H18O2. The van der Waals surface area contributed by atoms with Gasteiger partial charge in [0, 0.05) is 0 Å². The Morgan fingerprint density at radius 1 is 1.50 bits per heavy atom. The second kappa shape index (κ2) is 5.81. The first-order chi connectivity index (χ1) is 5.61. The Balaban J connectivity index is 4.02. The van der Waals surface area contributed by atoms with Gasteiger partial charge in [0.15, 0.2) is 0 Å². The molecule has 0 heterocycles. The van der Waals surface area contributed by atoms with Crippen molar-refractivity contribution in [1.82, 2.24) is 0 Å². The highest BCUT2D eigenvalue weighted by atomic mass is 16.5. The van der Waals surface area contributed by atoms with Gasteiger partial charge in [0.05, 0.1) is 12.5 Å². The van der Waals surface area contributed by atoms with Crippen LogP contribution < -0.4 is 0 Å². The van der Waals surface area contributed by atoms with E-state index in [0.717, 1.165) is 6.42 Å². The highest BCUT2D eigenvalue weighted by Gasteiger charge is 2.10. The van der Waals surface area contributed by atoms with E-state index >= 15 is 0 Å². The summed E-state index contributed by atoms with van der Waals surface area (Å²) in [5.74, 6) is -0.241. The van der Waals surface area contributed by atoms with Gasteiger partial charge in [-0.2, -0.15) is 0 Å². The normalized spacial score (nSPS) is 14.2. The Kier molecular flexibility index (Phi) is 5.43. The molecule has 70 valence electrons. The van der Waals surface area contributed by atoms with Crippen LogP contribution in [0.2, 0.25) is 0 Å². The minimum Gasteiger partial charge on any atom is -0.466 e. The lowest BCUT2D eigenvalue weighted by Gasteiger charge is -2.06. The minimum atomic E-state index is -0.134. The van der Waals surface area contributed by atoms with E-state index < -0.39 is 0 Å². The Morgan fingerprint density at radius 3 is 2.50 bits per heavy atom. The van der Waals surface area contributed by atoms with Crippen LogP contribution in [0.4, 0.5) is 0 Å². The van der Waals surface area contributed by atoms with Gasteiger partial charge >= 0.3 is 5.97 Å². The lowest BCUT2D eigenvalue weighted by Crippen LogP contribution is -2.12. The molecule has 0 aromatic rings. The van der Waals surface area contributed by atoms with Crippen LogP contribution in [0.1, 0.15) is 34.1 Å². The Bertz CT molecular complexity index is 171. The molecule has 0 aromatic carbocycles. The maximum atomic E-state index is 11.1. The molecule has 0 saturated heterocycles. The van der Waals surface area contributed by atoms with Gasteiger partial charge in [0.1, 0.15) is 0 Å². The summed E-state index contributed by atoms with van der Waals surface area (Å²) >= 11 is 0. The summed E-state index contributed by atoms with van der Waals surface area (Å²) in [6, 6.07) is 0. The van der Waals surface area contributed by atoms with Crippen molar-refractivity contribution in [3.63, 3.8) is 0 Å². The number of esters is 1. The number of rotatable bonds is 4. The summed E-state index contributed by atoms with van der Waals surface area (Å²) in [5.41, 5.74) is 1.23. The molecule has 0 N–H and O–H groups in total. The van der Waals surface area contributed by atoms with Gasteiger partial charge in [-0.05, 0) is 27.2 Å². The van der Waals surface area contributed by atoms with Gasteiger partial charge in [-0.3, -0.25) is 4.79 Å². The molecule has 2 nitrogen and oxygen atoms in total.